The highest BCUT2D eigenvalue weighted by molar-refractivity contribution is 5.85. The molecule has 0 saturated heterocycles. The summed E-state index contributed by atoms with van der Waals surface area (Å²) in [5.41, 5.74) is 3.04. The van der Waals surface area contributed by atoms with Crippen LogP contribution in [0.5, 0.6) is 0 Å². The Labute approximate surface area is 152 Å². The first-order valence-corrected chi connectivity index (χ1v) is 7.25. The summed E-state index contributed by atoms with van der Waals surface area (Å²) in [4.78, 5) is 0. The number of nitrogens with two attached hydrogens (primary N) is 1. The molecule has 26 heavy (non-hydrogen) atoms. The van der Waals surface area contributed by atoms with Crippen molar-refractivity contribution in [3.05, 3.63) is 70.8 Å². The van der Waals surface area contributed by atoms with Gasteiger partial charge in [0.2, 0.25) is 0 Å². The third-order valence-corrected chi connectivity index (χ3v) is 3.70. The molecular formula is C17H16ClF6NO. The molecule has 0 unspecified atom stereocenters. The van der Waals surface area contributed by atoms with E-state index in [0.717, 1.165) is 0 Å². The van der Waals surface area contributed by atoms with Crippen LogP contribution in [0.15, 0.2) is 48.5 Å². The average Bonchev–Trinajstić information content (AvgIpc) is 2.53. The first-order chi connectivity index (χ1) is 11.5. The summed E-state index contributed by atoms with van der Waals surface area (Å²) in [5.74, 6) is 0. The first-order valence-electron chi connectivity index (χ1n) is 7.25. The highest BCUT2D eigenvalue weighted by Gasteiger charge is 2.37. The molecule has 0 aliphatic heterocycles. The van der Waals surface area contributed by atoms with E-state index in [1.54, 1.807) is 30.3 Å². The van der Waals surface area contributed by atoms with Crippen LogP contribution >= 0.6 is 12.4 Å². The van der Waals surface area contributed by atoms with E-state index in [2.05, 4.69) is 0 Å². The molecule has 0 aromatic heterocycles. The van der Waals surface area contributed by atoms with E-state index < -0.39 is 41.2 Å². The van der Waals surface area contributed by atoms with Crippen LogP contribution < -0.4 is 5.73 Å². The molecule has 3 N–H and O–H groups in total. The van der Waals surface area contributed by atoms with Gasteiger partial charge in [0.25, 0.3) is 0 Å². The molecule has 0 aliphatic rings. The minimum atomic E-state index is -4.96. The summed E-state index contributed by atoms with van der Waals surface area (Å²) >= 11 is 0. The Bertz CT molecular complexity index is 685. The number of aliphatic hydroxyl groups excluding tert-OH is 1. The van der Waals surface area contributed by atoms with Gasteiger partial charge in [0.05, 0.1) is 23.3 Å². The maximum atomic E-state index is 12.9. The van der Waals surface area contributed by atoms with Crippen molar-refractivity contribution in [2.45, 2.75) is 30.9 Å². The second kappa shape index (κ2) is 8.28. The molecule has 0 spiro atoms. The van der Waals surface area contributed by atoms with Gasteiger partial charge in [-0.2, -0.15) is 26.3 Å². The number of benzene rings is 2. The molecule has 2 aromatic carbocycles. The molecule has 9 heteroatoms. The van der Waals surface area contributed by atoms with E-state index in [9.17, 15) is 31.4 Å². The van der Waals surface area contributed by atoms with Crippen LogP contribution in [0.1, 0.15) is 28.3 Å². The number of alkyl halides is 6. The number of hydrogen-bond acceptors (Lipinski definition) is 2. The van der Waals surface area contributed by atoms with Crippen molar-refractivity contribution in [1.29, 1.82) is 0 Å². The maximum absolute atomic E-state index is 12.9. The van der Waals surface area contributed by atoms with Crippen LogP contribution in [0.4, 0.5) is 26.3 Å². The molecule has 0 fully saturated rings. The first kappa shape index (κ1) is 22.3. The molecule has 0 bridgehead atoms. The Morgan fingerprint density at radius 2 is 1.31 bits per heavy atom. The Kier molecular flexibility index (Phi) is 7.09. The summed E-state index contributed by atoms with van der Waals surface area (Å²) in [6, 6.07) is 8.16. The molecule has 2 nitrogen and oxygen atoms in total. The van der Waals surface area contributed by atoms with Gasteiger partial charge in [0.1, 0.15) is 0 Å². The lowest BCUT2D eigenvalue weighted by molar-refractivity contribution is -0.143. The number of hydrogen-bond donors (Lipinski definition) is 2. The van der Waals surface area contributed by atoms with Crippen LogP contribution in [0.25, 0.3) is 0 Å². The molecular weight excluding hydrogens is 384 g/mol. The van der Waals surface area contributed by atoms with Gasteiger partial charge >= 0.3 is 12.4 Å². The van der Waals surface area contributed by atoms with Gasteiger partial charge < -0.3 is 10.8 Å². The Balaban J connectivity index is 0.00000338. The number of halogens is 7. The molecule has 2 rings (SSSR count). The lowest BCUT2D eigenvalue weighted by Crippen LogP contribution is -2.29. The highest BCUT2D eigenvalue weighted by Crippen LogP contribution is 2.37. The van der Waals surface area contributed by atoms with Gasteiger partial charge in [-0.1, -0.05) is 30.3 Å². The molecule has 0 radical (unpaired) electrons. The lowest BCUT2D eigenvalue weighted by atomic mass is 9.93. The minimum Gasteiger partial charge on any atom is -0.391 e. The zero-order chi connectivity index (χ0) is 18.8. The smallest absolute Gasteiger partial charge is 0.391 e. The maximum Gasteiger partial charge on any atom is 0.416 e. The molecule has 0 saturated carbocycles. The third-order valence-electron chi connectivity index (χ3n) is 3.70. The van der Waals surface area contributed by atoms with Crippen LogP contribution in [0, 0.1) is 0 Å². The predicted molar refractivity (Wildman–Crippen MR) is 86.8 cm³/mol. The monoisotopic (exact) mass is 399 g/mol. The summed E-state index contributed by atoms with van der Waals surface area (Å²) < 4.78 is 77.3. The standard InChI is InChI=1S/C17H15F6NO.ClH/c18-16(19,20)12-7-11(8-13(9-12)17(21,22)23)15(24)14(25)6-10-4-2-1-3-5-10;/h1-5,7-9,14-15,25H,6,24H2;1H/t14-,15+;/m0./s1. The molecule has 2 atom stereocenters. The zero-order valence-corrected chi connectivity index (χ0v) is 14.0. The Morgan fingerprint density at radius 3 is 1.73 bits per heavy atom. The van der Waals surface area contributed by atoms with Gasteiger partial charge in [0, 0.05) is 6.42 Å². The fourth-order valence-electron chi connectivity index (χ4n) is 2.38. The van der Waals surface area contributed by atoms with Gasteiger partial charge in [-0.15, -0.1) is 12.4 Å². The van der Waals surface area contributed by atoms with Crippen molar-refractivity contribution >= 4 is 12.4 Å². The quantitative estimate of drug-likeness (QED) is 0.729. The van der Waals surface area contributed by atoms with E-state index in [4.69, 9.17) is 5.73 Å². The zero-order valence-electron chi connectivity index (χ0n) is 13.2. The Morgan fingerprint density at radius 1 is 0.846 bits per heavy atom. The van der Waals surface area contributed by atoms with E-state index in [1.807, 2.05) is 0 Å². The van der Waals surface area contributed by atoms with Crippen molar-refractivity contribution in [3.63, 3.8) is 0 Å². The normalized spacial score (nSPS) is 14.5. The Hall–Kier alpha value is -1.77. The van der Waals surface area contributed by atoms with E-state index in [1.165, 1.54) is 0 Å². The van der Waals surface area contributed by atoms with Crippen molar-refractivity contribution in [2.75, 3.05) is 0 Å². The van der Waals surface area contributed by atoms with Crippen molar-refractivity contribution in [3.8, 4) is 0 Å². The van der Waals surface area contributed by atoms with Crippen molar-refractivity contribution < 1.29 is 31.4 Å². The van der Waals surface area contributed by atoms with E-state index in [-0.39, 0.29) is 24.9 Å². The fourth-order valence-corrected chi connectivity index (χ4v) is 2.38. The third kappa shape index (κ3) is 5.62. The molecule has 0 amide bonds. The summed E-state index contributed by atoms with van der Waals surface area (Å²) in [5, 5.41) is 10.1. The van der Waals surface area contributed by atoms with Gasteiger partial charge in [-0.25, -0.2) is 0 Å². The number of rotatable bonds is 4. The molecule has 144 valence electrons. The van der Waals surface area contributed by atoms with Crippen LogP contribution in [0.2, 0.25) is 0 Å². The SMILES string of the molecule is Cl.N[C@H](c1cc(C(F)(F)F)cc(C(F)(F)F)c1)[C@@H](O)Cc1ccccc1. The highest BCUT2D eigenvalue weighted by atomic mass is 35.5. The van der Waals surface area contributed by atoms with Crippen molar-refractivity contribution in [2.24, 2.45) is 5.73 Å². The second-order valence-electron chi connectivity index (χ2n) is 5.62. The van der Waals surface area contributed by atoms with Gasteiger partial charge in [-0.3, -0.25) is 0 Å². The van der Waals surface area contributed by atoms with Gasteiger partial charge in [-0.05, 0) is 29.3 Å². The molecule has 2 aromatic rings. The summed E-state index contributed by atoms with van der Waals surface area (Å²) in [7, 11) is 0. The topological polar surface area (TPSA) is 46.2 Å². The van der Waals surface area contributed by atoms with Gasteiger partial charge in [0.15, 0.2) is 0 Å². The van der Waals surface area contributed by atoms with E-state index in [0.29, 0.717) is 17.7 Å². The second-order valence-corrected chi connectivity index (χ2v) is 5.62. The molecule has 0 aliphatic carbocycles. The van der Waals surface area contributed by atoms with Crippen LogP contribution in [-0.4, -0.2) is 11.2 Å². The minimum absolute atomic E-state index is 0. The number of aliphatic hydroxyl groups is 1. The van der Waals surface area contributed by atoms with Crippen molar-refractivity contribution in [1.82, 2.24) is 0 Å². The van der Waals surface area contributed by atoms with Crippen LogP contribution in [0.3, 0.4) is 0 Å². The molecule has 0 heterocycles. The largest absolute Gasteiger partial charge is 0.416 e. The van der Waals surface area contributed by atoms with E-state index >= 15 is 0 Å². The average molecular weight is 400 g/mol. The predicted octanol–water partition coefficient (Wildman–Crippen LogP) is 4.75. The van der Waals surface area contributed by atoms with Crippen LogP contribution in [-0.2, 0) is 18.8 Å². The summed E-state index contributed by atoms with van der Waals surface area (Å²) in [6.07, 6.45) is -11.3. The fraction of sp³-hybridized carbons (Fsp3) is 0.294. The summed E-state index contributed by atoms with van der Waals surface area (Å²) in [6.45, 7) is 0. The lowest BCUT2D eigenvalue weighted by Gasteiger charge is -2.22.